The van der Waals surface area contributed by atoms with Crippen LogP contribution in [0.3, 0.4) is 0 Å². The van der Waals surface area contributed by atoms with Gasteiger partial charge < -0.3 is 70.2 Å². The molecule has 0 radical (unpaired) electrons. The Balaban J connectivity index is 3.28. The lowest BCUT2D eigenvalue weighted by atomic mass is 10.00. The van der Waals surface area contributed by atoms with Crippen LogP contribution in [0.25, 0.3) is 0 Å². The summed E-state index contributed by atoms with van der Waals surface area (Å²) in [6.07, 6.45) is -1.37. The van der Waals surface area contributed by atoms with E-state index in [2.05, 4.69) is 26.6 Å². The van der Waals surface area contributed by atoms with Crippen LogP contribution >= 0.6 is 0 Å². The van der Waals surface area contributed by atoms with Crippen molar-refractivity contribution in [2.45, 2.75) is 101 Å². The quantitative estimate of drug-likeness (QED) is 0.0443. The molecule has 0 saturated carbocycles. The van der Waals surface area contributed by atoms with Crippen molar-refractivity contribution >= 4 is 41.4 Å². The number of aliphatic hydroxyl groups excluding tert-OH is 2. The Morgan fingerprint density at radius 1 is 0.611 bits per heavy atom. The van der Waals surface area contributed by atoms with Gasteiger partial charge in [0, 0.05) is 6.42 Å². The van der Waals surface area contributed by atoms with Gasteiger partial charge in [-0.3, -0.25) is 28.8 Å². The number of nitrogens with one attached hydrogen (secondary N) is 6. The van der Waals surface area contributed by atoms with Crippen LogP contribution in [0.1, 0.15) is 52.0 Å². The molecule has 304 valence electrons. The zero-order valence-corrected chi connectivity index (χ0v) is 31.0. The molecular weight excluding hydrogens is 708 g/mol. The van der Waals surface area contributed by atoms with E-state index in [0.29, 0.717) is 5.56 Å². The predicted molar refractivity (Wildman–Crippen MR) is 197 cm³/mol. The van der Waals surface area contributed by atoms with Crippen LogP contribution in [-0.2, 0) is 40.0 Å². The van der Waals surface area contributed by atoms with E-state index in [1.165, 1.54) is 0 Å². The molecule has 0 heterocycles. The molecule has 0 saturated heterocycles. The molecule has 0 unspecified atom stereocenters. The summed E-state index contributed by atoms with van der Waals surface area (Å²) in [6, 6.07) is -0.655. The lowest BCUT2D eigenvalue weighted by Crippen LogP contribution is -2.61. The molecule has 54 heavy (non-hydrogen) atoms. The maximum absolute atomic E-state index is 13.9. The molecule has 0 spiro atoms. The van der Waals surface area contributed by atoms with E-state index in [-0.39, 0.29) is 57.7 Å². The first-order valence-corrected chi connectivity index (χ1v) is 17.7. The molecule has 6 amide bonds. The Kier molecular flexibility index (Phi) is 21.5. The Labute approximate surface area is 314 Å². The smallest absolute Gasteiger partial charge is 0.328 e. The molecule has 1 rings (SSSR count). The van der Waals surface area contributed by atoms with Gasteiger partial charge in [0.2, 0.25) is 35.4 Å². The third kappa shape index (κ3) is 16.5. The fourth-order valence-corrected chi connectivity index (χ4v) is 5.15. The minimum Gasteiger partial charge on any atom is -0.480 e. The number of nitrogens with two attached hydrogens (primary N) is 4. The van der Waals surface area contributed by atoms with E-state index in [4.69, 9.17) is 22.9 Å². The number of carboxylic acid groups (broad SMARTS) is 1. The average Bonchev–Trinajstić information content (AvgIpc) is 3.11. The molecule has 1 aromatic rings. The van der Waals surface area contributed by atoms with Crippen molar-refractivity contribution in [1.82, 2.24) is 31.9 Å². The van der Waals surface area contributed by atoms with Crippen LogP contribution < -0.4 is 54.8 Å². The zero-order valence-electron chi connectivity index (χ0n) is 31.0. The number of rotatable bonds is 25. The molecule has 1 aromatic carbocycles. The van der Waals surface area contributed by atoms with Gasteiger partial charge in [-0.1, -0.05) is 44.2 Å². The van der Waals surface area contributed by atoms with Crippen LogP contribution in [0.4, 0.5) is 0 Å². The van der Waals surface area contributed by atoms with E-state index < -0.39 is 96.4 Å². The standard InChI is InChI=1S/C34H58N10O10/c1-18(2)15-24(31(50)40-23(11-14-37)30(49)43-26(17-45)33(52)44-27(19(3)46)34(53)54)41-32(51)25(16-20-7-5-4-6-8-20)42-29(48)22(10-13-36)39-28(47)21(38)9-12-35/h4-8,18-19,21-27,45-46H,9-17,35-38H2,1-3H3,(H,39,47)(H,40,50)(H,41,51)(H,42,48)(H,43,49)(H,44,52)(H,53,54)/t19-,21+,22+,23+,24+,25-,26+,27+/m1/s1. The highest BCUT2D eigenvalue weighted by Gasteiger charge is 2.34. The second-order valence-corrected chi connectivity index (χ2v) is 13.2. The van der Waals surface area contributed by atoms with Gasteiger partial charge in [0.25, 0.3) is 0 Å². The fraction of sp³-hybridized carbons (Fsp3) is 0.618. The molecule has 0 aromatic heterocycles. The second kappa shape index (κ2) is 24.6. The zero-order chi connectivity index (χ0) is 41.0. The topological polar surface area (TPSA) is 356 Å². The Hall–Kier alpha value is -4.73. The van der Waals surface area contributed by atoms with Gasteiger partial charge in [0.1, 0.15) is 30.2 Å². The molecule has 0 aliphatic carbocycles. The molecule has 0 aliphatic heterocycles. The lowest BCUT2D eigenvalue weighted by Gasteiger charge is -2.28. The molecular formula is C34H58N10O10. The van der Waals surface area contributed by atoms with Crippen LogP contribution in [0, 0.1) is 5.92 Å². The normalized spacial score (nSPS) is 15.6. The summed E-state index contributed by atoms with van der Waals surface area (Å²) in [5.74, 6) is -6.68. The number of aliphatic carboxylic acids is 1. The van der Waals surface area contributed by atoms with E-state index in [1.54, 1.807) is 44.2 Å². The summed E-state index contributed by atoms with van der Waals surface area (Å²) in [5, 5.41) is 43.4. The van der Waals surface area contributed by atoms with Gasteiger partial charge >= 0.3 is 5.97 Å². The van der Waals surface area contributed by atoms with Crippen LogP contribution in [0.2, 0.25) is 0 Å². The summed E-state index contributed by atoms with van der Waals surface area (Å²) in [4.78, 5) is 90.9. The molecule has 8 atom stereocenters. The van der Waals surface area contributed by atoms with E-state index in [9.17, 15) is 48.9 Å². The molecule has 0 fully saturated rings. The third-order valence-electron chi connectivity index (χ3n) is 8.11. The number of aliphatic hydroxyl groups is 2. The van der Waals surface area contributed by atoms with Crippen molar-refractivity contribution in [3.8, 4) is 0 Å². The largest absolute Gasteiger partial charge is 0.480 e. The van der Waals surface area contributed by atoms with E-state index in [0.717, 1.165) is 6.92 Å². The van der Waals surface area contributed by atoms with Crippen LogP contribution in [-0.4, -0.2) is 131 Å². The van der Waals surface area contributed by atoms with Crippen LogP contribution in [0.15, 0.2) is 30.3 Å². The van der Waals surface area contributed by atoms with Crippen molar-refractivity contribution in [3.63, 3.8) is 0 Å². The Bertz CT molecular complexity index is 1380. The first-order chi connectivity index (χ1) is 25.5. The molecule has 20 heteroatoms. The maximum Gasteiger partial charge on any atom is 0.328 e. The minimum atomic E-state index is -1.73. The first kappa shape index (κ1) is 47.3. The predicted octanol–water partition coefficient (Wildman–Crippen LogP) is -4.98. The number of benzene rings is 1. The summed E-state index contributed by atoms with van der Waals surface area (Å²) in [5.41, 5.74) is 23.4. The fourth-order valence-electron chi connectivity index (χ4n) is 5.15. The molecule has 0 bridgehead atoms. The van der Waals surface area contributed by atoms with Crippen molar-refractivity contribution in [1.29, 1.82) is 0 Å². The average molecular weight is 767 g/mol. The highest BCUT2D eigenvalue weighted by atomic mass is 16.4. The third-order valence-corrected chi connectivity index (χ3v) is 8.11. The molecule has 17 N–H and O–H groups in total. The highest BCUT2D eigenvalue weighted by molar-refractivity contribution is 5.97. The number of carbonyl (C=O) groups is 7. The van der Waals surface area contributed by atoms with Gasteiger partial charge in [-0.2, -0.15) is 0 Å². The Morgan fingerprint density at radius 3 is 1.50 bits per heavy atom. The van der Waals surface area contributed by atoms with Crippen molar-refractivity contribution in [2.24, 2.45) is 28.9 Å². The SMILES string of the molecule is CC(C)C[C@H](NC(=O)[C@@H](Cc1ccccc1)NC(=O)[C@H](CCN)NC(=O)[C@@H](N)CCN)C(=O)N[C@@H](CCN)C(=O)N[C@@H](CO)C(=O)N[C@H](C(=O)O)[C@@H](C)O. The molecule has 20 nitrogen and oxygen atoms in total. The number of carbonyl (C=O) groups excluding carboxylic acids is 6. The van der Waals surface area contributed by atoms with Gasteiger partial charge in [-0.05, 0) is 63.7 Å². The van der Waals surface area contributed by atoms with Crippen LogP contribution in [0.5, 0.6) is 0 Å². The molecule has 0 aliphatic rings. The monoisotopic (exact) mass is 766 g/mol. The Morgan fingerprint density at radius 2 is 1.04 bits per heavy atom. The van der Waals surface area contributed by atoms with E-state index in [1.807, 2.05) is 5.32 Å². The first-order valence-electron chi connectivity index (χ1n) is 17.7. The summed E-state index contributed by atoms with van der Waals surface area (Å²) < 4.78 is 0. The summed E-state index contributed by atoms with van der Waals surface area (Å²) in [7, 11) is 0. The number of hydrogen-bond donors (Lipinski definition) is 13. The maximum atomic E-state index is 13.9. The van der Waals surface area contributed by atoms with Gasteiger partial charge in [0.05, 0.1) is 18.8 Å². The highest BCUT2D eigenvalue weighted by Crippen LogP contribution is 2.10. The number of hydrogen-bond acceptors (Lipinski definition) is 13. The lowest BCUT2D eigenvalue weighted by molar-refractivity contribution is -0.145. The number of carboxylic acids is 1. The van der Waals surface area contributed by atoms with Crippen molar-refractivity contribution in [3.05, 3.63) is 35.9 Å². The van der Waals surface area contributed by atoms with Crippen molar-refractivity contribution in [2.75, 3.05) is 26.2 Å². The second-order valence-electron chi connectivity index (χ2n) is 13.2. The van der Waals surface area contributed by atoms with Gasteiger partial charge in [0.15, 0.2) is 6.04 Å². The van der Waals surface area contributed by atoms with Gasteiger partial charge in [-0.15, -0.1) is 0 Å². The summed E-state index contributed by atoms with van der Waals surface area (Å²) >= 11 is 0. The minimum absolute atomic E-state index is 0.00891. The van der Waals surface area contributed by atoms with E-state index >= 15 is 0 Å². The van der Waals surface area contributed by atoms with Crippen molar-refractivity contribution < 1.29 is 48.9 Å². The summed E-state index contributed by atoms with van der Waals surface area (Å²) in [6.45, 7) is 3.80. The number of amides is 6. The van der Waals surface area contributed by atoms with Gasteiger partial charge in [-0.25, -0.2) is 4.79 Å².